The smallest absolute Gasteiger partial charge is 0.0494 e. The SMILES string of the molecule is CC(C)NCC(CC1CCCOC1)c1ccccc1. The minimum atomic E-state index is 0.550. The third kappa shape index (κ3) is 4.96. The van der Waals surface area contributed by atoms with Gasteiger partial charge < -0.3 is 10.1 Å². The second-order valence-electron chi connectivity index (χ2n) is 5.99. The van der Waals surface area contributed by atoms with Crippen molar-refractivity contribution in [1.29, 1.82) is 0 Å². The summed E-state index contributed by atoms with van der Waals surface area (Å²) in [4.78, 5) is 0. The van der Waals surface area contributed by atoms with E-state index in [1.807, 2.05) is 0 Å². The quantitative estimate of drug-likeness (QED) is 0.845. The molecule has 0 aliphatic carbocycles. The van der Waals surface area contributed by atoms with E-state index in [9.17, 15) is 0 Å². The molecule has 2 atom stereocenters. The van der Waals surface area contributed by atoms with Gasteiger partial charge in [0, 0.05) is 25.8 Å². The molecule has 1 heterocycles. The number of hydrogen-bond acceptors (Lipinski definition) is 2. The van der Waals surface area contributed by atoms with Gasteiger partial charge in [0.2, 0.25) is 0 Å². The van der Waals surface area contributed by atoms with Crippen molar-refractivity contribution >= 4 is 0 Å². The highest BCUT2D eigenvalue weighted by Crippen LogP contribution is 2.28. The van der Waals surface area contributed by atoms with Gasteiger partial charge in [0.1, 0.15) is 0 Å². The molecule has 1 aromatic carbocycles. The molecule has 0 spiro atoms. The number of nitrogens with one attached hydrogen (secondary N) is 1. The van der Waals surface area contributed by atoms with Crippen LogP contribution in [0.25, 0.3) is 0 Å². The van der Waals surface area contributed by atoms with E-state index < -0.39 is 0 Å². The molecule has 0 saturated carbocycles. The molecule has 1 aliphatic heterocycles. The third-order valence-electron chi connectivity index (χ3n) is 3.92. The lowest BCUT2D eigenvalue weighted by Crippen LogP contribution is -2.30. The first-order valence-electron chi connectivity index (χ1n) is 7.61. The molecule has 1 fully saturated rings. The summed E-state index contributed by atoms with van der Waals surface area (Å²) < 4.78 is 5.62. The van der Waals surface area contributed by atoms with E-state index in [0.29, 0.717) is 12.0 Å². The lowest BCUT2D eigenvalue weighted by atomic mass is 9.86. The zero-order valence-corrected chi connectivity index (χ0v) is 12.3. The molecule has 0 aromatic heterocycles. The minimum Gasteiger partial charge on any atom is -0.381 e. The maximum Gasteiger partial charge on any atom is 0.0494 e. The fourth-order valence-electron chi connectivity index (χ4n) is 2.84. The van der Waals surface area contributed by atoms with Crippen molar-refractivity contribution in [2.75, 3.05) is 19.8 Å². The van der Waals surface area contributed by atoms with Crippen LogP contribution >= 0.6 is 0 Å². The molecule has 1 N–H and O–H groups in total. The molecule has 2 unspecified atom stereocenters. The summed E-state index contributed by atoms with van der Waals surface area (Å²) in [7, 11) is 0. The van der Waals surface area contributed by atoms with Crippen molar-refractivity contribution in [1.82, 2.24) is 5.32 Å². The van der Waals surface area contributed by atoms with Crippen LogP contribution in [-0.4, -0.2) is 25.8 Å². The fourth-order valence-corrected chi connectivity index (χ4v) is 2.84. The Morgan fingerprint density at radius 1 is 1.26 bits per heavy atom. The number of hydrogen-bond donors (Lipinski definition) is 1. The molecule has 2 heteroatoms. The summed E-state index contributed by atoms with van der Waals surface area (Å²) >= 11 is 0. The molecular weight excluding hydrogens is 234 g/mol. The summed E-state index contributed by atoms with van der Waals surface area (Å²) in [6, 6.07) is 11.5. The highest BCUT2D eigenvalue weighted by atomic mass is 16.5. The lowest BCUT2D eigenvalue weighted by molar-refractivity contribution is 0.0488. The van der Waals surface area contributed by atoms with Gasteiger partial charge in [0.15, 0.2) is 0 Å². The topological polar surface area (TPSA) is 21.3 Å². The Morgan fingerprint density at radius 2 is 2.05 bits per heavy atom. The van der Waals surface area contributed by atoms with E-state index in [1.165, 1.54) is 24.8 Å². The molecule has 1 aromatic rings. The number of ether oxygens (including phenoxy) is 1. The normalized spacial score (nSPS) is 21.5. The maximum absolute atomic E-state index is 5.62. The highest BCUT2D eigenvalue weighted by Gasteiger charge is 2.20. The predicted octanol–water partition coefficient (Wildman–Crippen LogP) is 3.58. The van der Waals surface area contributed by atoms with E-state index in [0.717, 1.165) is 25.7 Å². The molecule has 1 aliphatic rings. The average molecular weight is 261 g/mol. The van der Waals surface area contributed by atoms with Gasteiger partial charge in [-0.2, -0.15) is 0 Å². The third-order valence-corrected chi connectivity index (χ3v) is 3.92. The molecule has 2 rings (SSSR count). The number of rotatable bonds is 6. The Balaban J connectivity index is 1.96. The predicted molar refractivity (Wildman–Crippen MR) is 80.5 cm³/mol. The largest absolute Gasteiger partial charge is 0.381 e. The van der Waals surface area contributed by atoms with Gasteiger partial charge in [-0.25, -0.2) is 0 Å². The van der Waals surface area contributed by atoms with Crippen molar-refractivity contribution < 1.29 is 4.74 Å². The van der Waals surface area contributed by atoms with E-state index >= 15 is 0 Å². The van der Waals surface area contributed by atoms with Crippen LogP contribution in [0.15, 0.2) is 30.3 Å². The van der Waals surface area contributed by atoms with Crippen molar-refractivity contribution in [2.24, 2.45) is 5.92 Å². The van der Waals surface area contributed by atoms with Crippen LogP contribution in [-0.2, 0) is 4.74 Å². The van der Waals surface area contributed by atoms with Gasteiger partial charge >= 0.3 is 0 Å². The number of benzene rings is 1. The zero-order chi connectivity index (χ0) is 13.5. The van der Waals surface area contributed by atoms with E-state index in [-0.39, 0.29) is 0 Å². The first-order valence-corrected chi connectivity index (χ1v) is 7.61. The van der Waals surface area contributed by atoms with Gasteiger partial charge in [-0.15, -0.1) is 0 Å². The van der Waals surface area contributed by atoms with Gasteiger partial charge in [-0.1, -0.05) is 44.2 Å². The summed E-state index contributed by atoms with van der Waals surface area (Å²) in [5.41, 5.74) is 1.46. The Bertz CT molecular complexity index is 344. The van der Waals surface area contributed by atoms with Gasteiger partial charge in [-0.3, -0.25) is 0 Å². The monoisotopic (exact) mass is 261 g/mol. The van der Waals surface area contributed by atoms with E-state index in [1.54, 1.807) is 0 Å². The fraction of sp³-hybridized carbons (Fsp3) is 0.647. The molecule has 0 bridgehead atoms. The van der Waals surface area contributed by atoms with Crippen LogP contribution < -0.4 is 5.32 Å². The maximum atomic E-state index is 5.62. The van der Waals surface area contributed by atoms with Crippen molar-refractivity contribution in [2.45, 2.75) is 45.1 Å². The van der Waals surface area contributed by atoms with Crippen LogP contribution in [0.1, 0.15) is 44.6 Å². The van der Waals surface area contributed by atoms with Crippen LogP contribution in [0.5, 0.6) is 0 Å². The second-order valence-corrected chi connectivity index (χ2v) is 5.99. The van der Waals surface area contributed by atoms with Gasteiger partial charge in [0.25, 0.3) is 0 Å². The van der Waals surface area contributed by atoms with Crippen LogP contribution in [0.4, 0.5) is 0 Å². The second kappa shape index (κ2) is 7.66. The molecule has 0 radical (unpaired) electrons. The first kappa shape index (κ1) is 14.5. The zero-order valence-electron chi connectivity index (χ0n) is 12.3. The molecule has 1 saturated heterocycles. The van der Waals surface area contributed by atoms with Gasteiger partial charge in [-0.05, 0) is 36.7 Å². The lowest BCUT2D eigenvalue weighted by Gasteiger charge is -2.27. The Hall–Kier alpha value is -0.860. The van der Waals surface area contributed by atoms with Crippen LogP contribution in [0.2, 0.25) is 0 Å². The Kier molecular flexibility index (Phi) is 5.87. The minimum absolute atomic E-state index is 0.550. The average Bonchev–Trinajstić information content (AvgIpc) is 2.45. The van der Waals surface area contributed by atoms with Crippen molar-refractivity contribution in [3.63, 3.8) is 0 Å². The van der Waals surface area contributed by atoms with Gasteiger partial charge in [0.05, 0.1) is 0 Å². The summed E-state index contributed by atoms with van der Waals surface area (Å²) in [6.45, 7) is 7.40. The Labute approximate surface area is 117 Å². The Morgan fingerprint density at radius 3 is 2.68 bits per heavy atom. The summed E-state index contributed by atoms with van der Waals surface area (Å²) in [6.07, 6.45) is 3.79. The summed E-state index contributed by atoms with van der Waals surface area (Å²) in [5, 5.41) is 3.59. The van der Waals surface area contributed by atoms with Crippen molar-refractivity contribution in [3.05, 3.63) is 35.9 Å². The highest BCUT2D eigenvalue weighted by molar-refractivity contribution is 5.20. The molecule has 2 nitrogen and oxygen atoms in total. The standard InChI is InChI=1S/C17H27NO/c1-14(2)18-12-17(16-8-4-3-5-9-16)11-15-7-6-10-19-13-15/h3-5,8-9,14-15,17-18H,6-7,10-13H2,1-2H3. The molecule has 19 heavy (non-hydrogen) atoms. The van der Waals surface area contributed by atoms with E-state index in [4.69, 9.17) is 4.74 Å². The van der Waals surface area contributed by atoms with E-state index in [2.05, 4.69) is 49.5 Å². The van der Waals surface area contributed by atoms with Crippen molar-refractivity contribution in [3.8, 4) is 0 Å². The van der Waals surface area contributed by atoms with Crippen LogP contribution in [0.3, 0.4) is 0 Å². The molecule has 106 valence electrons. The molecule has 0 amide bonds. The first-order chi connectivity index (χ1) is 9.25. The van der Waals surface area contributed by atoms with Crippen LogP contribution in [0, 0.1) is 5.92 Å². The molecular formula is C17H27NO. The summed E-state index contributed by atoms with van der Waals surface area (Å²) in [5.74, 6) is 1.34.